The monoisotopic (exact) mass is 349 g/mol. The third kappa shape index (κ3) is 3.14. The van der Waals surface area contributed by atoms with Crippen LogP contribution in [0.1, 0.15) is 16.8 Å². The molecule has 1 aromatic heterocycles. The van der Waals surface area contributed by atoms with Crippen LogP contribution < -0.4 is 10.2 Å². The zero-order valence-corrected chi connectivity index (χ0v) is 14.3. The first-order valence-corrected chi connectivity index (χ1v) is 9.39. The van der Waals surface area contributed by atoms with Gasteiger partial charge in [-0.1, -0.05) is 0 Å². The van der Waals surface area contributed by atoms with Gasteiger partial charge in [0.05, 0.1) is 22.7 Å². The normalized spacial score (nSPS) is 19.3. The summed E-state index contributed by atoms with van der Waals surface area (Å²) in [5.41, 5.74) is 2.05. The minimum absolute atomic E-state index is 0.0171. The molecule has 0 spiro atoms. The van der Waals surface area contributed by atoms with Gasteiger partial charge in [-0.2, -0.15) is 0 Å². The molecule has 1 aromatic carbocycles. The fourth-order valence-electron chi connectivity index (χ4n) is 2.89. The van der Waals surface area contributed by atoms with Gasteiger partial charge in [0.1, 0.15) is 5.56 Å². The minimum atomic E-state index is -3.06. The highest BCUT2D eigenvalue weighted by Crippen LogP contribution is 2.31. The second kappa shape index (κ2) is 5.94. The highest BCUT2D eigenvalue weighted by atomic mass is 32.2. The molecule has 0 radical (unpaired) electrons. The van der Waals surface area contributed by atoms with E-state index in [1.807, 2.05) is 37.2 Å². The number of aromatic nitrogens is 1. The van der Waals surface area contributed by atoms with Crippen LogP contribution >= 0.6 is 0 Å². The Morgan fingerprint density at radius 1 is 1.38 bits per heavy atom. The van der Waals surface area contributed by atoms with Crippen LogP contribution in [0.15, 0.2) is 24.4 Å². The van der Waals surface area contributed by atoms with Gasteiger partial charge in [-0.3, -0.25) is 4.98 Å². The topological polar surface area (TPSA) is 99.6 Å². The highest BCUT2D eigenvalue weighted by molar-refractivity contribution is 7.91. The van der Waals surface area contributed by atoms with Gasteiger partial charge in [0.2, 0.25) is 0 Å². The van der Waals surface area contributed by atoms with Gasteiger partial charge in [-0.15, -0.1) is 0 Å². The third-order valence-corrected chi connectivity index (χ3v) is 5.95. The molecule has 7 nitrogen and oxygen atoms in total. The molecule has 1 fully saturated rings. The van der Waals surface area contributed by atoms with Crippen LogP contribution in [0, 0.1) is 0 Å². The Morgan fingerprint density at radius 2 is 2.12 bits per heavy atom. The van der Waals surface area contributed by atoms with E-state index in [-0.39, 0.29) is 23.1 Å². The first kappa shape index (κ1) is 16.5. The molecule has 1 saturated heterocycles. The number of carboxylic acid groups (broad SMARTS) is 1. The highest BCUT2D eigenvalue weighted by Gasteiger charge is 2.29. The fourth-order valence-corrected chi connectivity index (χ4v) is 4.56. The number of carboxylic acids is 1. The Bertz CT molecular complexity index is 909. The predicted molar refractivity (Wildman–Crippen MR) is 93.7 cm³/mol. The Labute approximate surface area is 140 Å². The molecule has 24 heavy (non-hydrogen) atoms. The van der Waals surface area contributed by atoms with E-state index < -0.39 is 15.8 Å². The van der Waals surface area contributed by atoms with Crippen LogP contribution in [-0.4, -0.2) is 56.1 Å². The molecule has 8 heteroatoms. The largest absolute Gasteiger partial charge is 0.478 e. The number of nitrogens with one attached hydrogen (secondary N) is 1. The van der Waals surface area contributed by atoms with E-state index in [9.17, 15) is 18.3 Å². The van der Waals surface area contributed by atoms with Crippen molar-refractivity contribution >= 4 is 38.1 Å². The van der Waals surface area contributed by atoms with Crippen LogP contribution in [-0.2, 0) is 9.84 Å². The number of carbonyl (C=O) groups is 1. The molecule has 0 bridgehead atoms. The maximum atomic E-state index is 11.7. The maximum Gasteiger partial charge on any atom is 0.339 e. The average molecular weight is 349 g/mol. The van der Waals surface area contributed by atoms with E-state index in [1.165, 1.54) is 6.20 Å². The molecule has 1 atom stereocenters. The van der Waals surface area contributed by atoms with E-state index in [2.05, 4.69) is 10.3 Å². The number of fused-ring (bicyclic) bond motifs is 1. The number of hydrogen-bond donors (Lipinski definition) is 2. The molecular weight excluding hydrogens is 330 g/mol. The lowest BCUT2D eigenvalue weighted by Gasteiger charge is -2.19. The number of anilines is 2. The second-order valence-electron chi connectivity index (χ2n) is 6.19. The smallest absolute Gasteiger partial charge is 0.339 e. The van der Waals surface area contributed by atoms with Gasteiger partial charge in [0.15, 0.2) is 9.84 Å². The predicted octanol–water partition coefficient (Wildman–Crippen LogP) is 1.60. The van der Waals surface area contributed by atoms with Crippen LogP contribution in [0.2, 0.25) is 0 Å². The second-order valence-corrected chi connectivity index (χ2v) is 8.42. The van der Waals surface area contributed by atoms with Crippen molar-refractivity contribution in [3.63, 3.8) is 0 Å². The van der Waals surface area contributed by atoms with Gasteiger partial charge in [-0.05, 0) is 24.6 Å². The van der Waals surface area contributed by atoms with Crippen molar-refractivity contribution in [1.29, 1.82) is 0 Å². The quantitative estimate of drug-likeness (QED) is 0.865. The molecule has 0 amide bonds. The molecule has 1 aliphatic rings. The van der Waals surface area contributed by atoms with Crippen LogP contribution in [0.4, 0.5) is 11.4 Å². The van der Waals surface area contributed by atoms with Gasteiger partial charge in [0, 0.05) is 37.4 Å². The zero-order chi connectivity index (χ0) is 17.5. The molecule has 3 rings (SSSR count). The summed E-state index contributed by atoms with van der Waals surface area (Å²) in [5, 5.41) is 13.3. The Hall–Kier alpha value is -2.35. The lowest BCUT2D eigenvalue weighted by Crippen LogP contribution is -2.22. The van der Waals surface area contributed by atoms with Crippen molar-refractivity contribution in [1.82, 2.24) is 4.98 Å². The summed E-state index contributed by atoms with van der Waals surface area (Å²) in [4.78, 5) is 17.7. The van der Waals surface area contributed by atoms with Crippen molar-refractivity contribution in [3.8, 4) is 0 Å². The van der Waals surface area contributed by atoms with E-state index in [1.54, 1.807) is 0 Å². The van der Waals surface area contributed by atoms with E-state index in [0.29, 0.717) is 23.0 Å². The van der Waals surface area contributed by atoms with Gasteiger partial charge in [-0.25, -0.2) is 13.2 Å². The molecule has 1 aliphatic heterocycles. The molecule has 2 N–H and O–H groups in total. The van der Waals surface area contributed by atoms with Crippen molar-refractivity contribution in [2.45, 2.75) is 12.5 Å². The first-order valence-electron chi connectivity index (χ1n) is 7.57. The molecule has 0 saturated carbocycles. The fraction of sp³-hybridized carbons (Fsp3) is 0.375. The Balaban J connectivity index is 2.12. The number of pyridine rings is 1. The number of benzene rings is 1. The third-order valence-electron chi connectivity index (χ3n) is 4.18. The standard InChI is InChI=1S/C16H19N3O4S/c1-19(2)11-3-4-14-12(7-11)15(13(8-17-14)16(20)21)18-10-5-6-24(22,23)9-10/h3-4,7-8,10H,5-6,9H2,1-2H3,(H,17,18)(H,20,21)/t10-/m1/s1. The number of sulfone groups is 1. The molecule has 128 valence electrons. The van der Waals surface area contributed by atoms with Crippen LogP contribution in [0.25, 0.3) is 10.9 Å². The number of nitrogens with zero attached hydrogens (tertiary/aromatic N) is 2. The Morgan fingerprint density at radius 3 is 2.71 bits per heavy atom. The van der Waals surface area contributed by atoms with Gasteiger partial charge in [0.25, 0.3) is 0 Å². The van der Waals surface area contributed by atoms with E-state index in [4.69, 9.17) is 0 Å². The number of hydrogen-bond acceptors (Lipinski definition) is 6. The zero-order valence-electron chi connectivity index (χ0n) is 13.5. The maximum absolute atomic E-state index is 11.7. The van der Waals surface area contributed by atoms with Crippen molar-refractivity contribution in [2.24, 2.45) is 0 Å². The molecule has 0 unspecified atom stereocenters. The van der Waals surface area contributed by atoms with Gasteiger partial charge < -0.3 is 15.3 Å². The van der Waals surface area contributed by atoms with E-state index >= 15 is 0 Å². The first-order chi connectivity index (χ1) is 11.3. The molecule has 2 aromatic rings. The SMILES string of the molecule is CN(C)c1ccc2ncc(C(=O)O)c(N[C@@H]3CCS(=O)(=O)C3)c2c1. The summed E-state index contributed by atoms with van der Waals surface area (Å²) in [6.45, 7) is 0. The lowest BCUT2D eigenvalue weighted by atomic mass is 10.1. The molecule has 2 heterocycles. The van der Waals surface area contributed by atoms with E-state index in [0.717, 1.165) is 5.69 Å². The number of aromatic carboxylic acids is 1. The Kier molecular flexibility index (Phi) is 4.08. The average Bonchev–Trinajstić information content (AvgIpc) is 2.85. The van der Waals surface area contributed by atoms with Crippen LogP contribution in [0.5, 0.6) is 0 Å². The minimum Gasteiger partial charge on any atom is -0.478 e. The molecule has 0 aliphatic carbocycles. The summed E-state index contributed by atoms with van der Waals surface area (Å²) in [5.74, 6) is -0.953. The number of rotatable bonds is 4. The molecular formula is C16H19N3O4S. The van der Waals surface area contributed by atoms with Gasteiger partial charge >= 0.3 is 5.97 Å². The summed E-state index contributed by atoms with van der Waals surface area (Å²) >= 11 is 0. The van der Waals surface area contributed by atoms with Crippen molar-refractivity contribution in [2.75, 3.05) is 35.8 Å². The summed E-state index contributed by atoms with van der Waals surface area (Å²) in [7, 11) is 0.733. The van der Waals surface area contributed by atoms with Crippen molar-refractivity contribution < 1.29 is 18.3 Å². The summed E-state index contributed by atoms with van der Waals surface area (Å²) in [6, 6.07) is 5.30. The summed E-state index contributed by atoms with van der Waals surface area (Å²) in [6.07, 6.45) is 1.78. The van der Waals surface area contributed by atoms with Crippen LogP contribution in [0.3, 0.4) is 0 Å². The summed E-state index contributed by atoms with van der Waals surface area (Å²) < 4.78 is 23.4. The lowest BCUT2D eigenvalue weighted by molar-refractivity contribution is 0.0697. The van der Waals surface area contributed by atoms with Crippen molar-refractivity contribution in [3.05, 3.63) is 30.0 Å².